The van der Waals surface area contributed by atoms with Crippen LogP contribution in [-0.2, 0) is 9.47 Å². The fourth-order valence-electron chi connectivity index (χ4n) is 3.39. The van der Waals surface area contributed by atoms with Crippen LogP contribution in [0.5, 0.6) is 0 Å². The first-order chi connectivity index (χ1) is 14.2. The molecule has 1 aromatic carbocycles. The van der Waals surface area contributed by atoms with Crippen LogP contribution in [0.1, 0.15) is 37.6 Å². The molecular formula is C22H28N4O4. The van der Waals surface area contributed by atoms with E-state index in [9.17, 15) is 9.59 Å². The number of carbonyl (C=O) groups excluding carboxylic acids is 2. The minimum absolute atomic E-state index is 0.283. The highest BCUT2D eigenvalue weighted by atomic mass is 16.6. The molecule has 1 saturated heterocycles. The monoisotopic (exact) mass is 412 g/mol. The van der Waals surface area contributed by atoms with Crippen molar-refractivity contribution in [1.29, 1.82) is 0 Å². The van der Waals surface area contributed by atoms with E-state index in [1.54, 1.807) is 42.7 Å². The fraction of sp³-hybridized carbons (Fsp3) is 0.409. The van der Waals surface area contributed by atoms with E-state index in [0.717, 1.165) is 5.69 Å². The van der Waals surface area contributed by atoms with Crippen molar-refractivity contribution in [3.8, 4) is 0 Å². The number of nitrogen functional groups attached to an aromatic ring is 1. The number of ether oxygens (including phenoxy) is 2. The molecule has 1 fully saturated rings. The number of aromatic nitrogens is 1. The van der Waals surface area contributed by atoms with Gasteiger partial charge in [-0.3, -0.25) is 4.98 Å². The molecule has 2 atom stereocenters. The van der Waals surface area contributed by atoms with Crippen LogP contribution in [0.3, 0.4) is 0 Å². The van der Waals surface area contributed by atoms with Crippen molar-refractivity contribution >= 4 is 23.4 Å². The Kier molecular flexibility index (Phi) is 6.44. The van der Waals surface area contributed by atoms with E-state index >= 15 is 0 Å². The van der Waals surface area contributed by atoms with E-state index in [1.165, 1.54) is 0 Å². The van der Waals surface area contributed by atoms with Crippen LogP contribution in [0.25, 0.3) is 0 Å². The summed E-state index contributed by atoms with van der Waals surface area (Å²) in [5.41, 5.74) is 7.27. The first kappa shape index (κ1) is 21.4. The number of benzene rings is 1. The maximum absolute atomic E-state index is 12.6. The molecule has 1 amide bonds. The smallest absolute Gasteiger partial charge is 0.407 e. The number of carbonyl (C=O) groups is 2. The number of rotatable bonds is 4. The zero-order valence-corrected chi connectivity index (χ0v) is 17.5. The first-order valence-corrected chi connectivity index (χ1v) is 9.91. The van der Waals surface area contributed by atoms with Crippen LogP contribution in [0.15, 0.2) is 48.8 Å². The van der Waals surface area contributed by atoms with Crippen molar-refractivity contribution in [3.05, 3.63) is 54.4 Å². The second kappa shape index (κ2) is 9.02. The highest BCUT2D eigenvalue weighted by molar-refractivity contribution is 5.89. The molecule has 3 N–H and O–H groups in total. The highest BCUT2D eigenvalue weighted by Gasteiger charge is 2.32. The van der Waals surface area contributed by atoms with Gasteiger partial charge in [0.05, 0.1) is 35.7 Å². The van der Waals surface area contributed by atoms with Gasteiger partial charge in [-0.2, -0.15) is 0 Å². The number of hydrogen-bond donors (Lipinski definition) is 2. The van der Waals surface area contributed by atoms with Crippen molar-refractivity contribution in [2.24, 2.45) is 0 Å². The molecule has 1 aliphatic rings. The summed E-state index contributed by atoms with van der Waals surface area (Å²) in [6.07, 6.45) is 2.76. The van der Waals surface area contributed by atoms with Crippen molar-refractivity contribution in [3.63, 3.8) is 0 Å². The van der Waals surface area contributed by atoms with E-state index in [1.807, 2.05) is 31.7 Å². The summed E-state index contributed by atoms with van der Waals surface area (Å²) in [6.45, 7) is 6.39. The molecule has 0 spiro atoms. The fourth-order valence-corrected chi connectivity index (χ4v) is 3.39. The number of alkyl carbamates (subject to hydrolysis) is 1. The largest absolute Gasteiger partial charge is 0.457 e. The molecule has 2 aromatic rings. The molecule has 2 heterocycles. The summed E-state index contributed by atoms with van der Waals surface area (Å²) in [6, 6.07) is 10.4. The third-order valence-electron chi connectivity index (χ3n) is 4.58. The number of nitrogens with two attached hydrogens (primary N) is 1. The lowest BCUT2D eigenvalue weighted by Gasteiger charge is -2.39. The summed E-state index contributed by atoms with van der Waals surface area (Å²) in [4.78, 5) is 30.9. The molecule has 160 valence electrons. The van der Waals surface area contributed by atoms with Gasteiger partial charge in [0.1, 0.15) is 11.7 Å². The van der Waals surface area contributed by atoms with E-state index in [4.69, 9.17) is 15.2 Å². The second-order valence-corrected chi connectivity index (χ2v) is 8.31. The SMILES string of the molecule is CC(C)(C)OC(=O)NC1CC(OC(=O)c2ccccc2)CN(c2ccncc2N)C1. The lowest BCUT2D eigenvalue weighted by atomic mass is 10.0. The Morgan fingerprint density at radius 3 is 2.57 bits per heavy atom. The zero-order chi connectivity index (χ0) is 21.7. The standard InChI is InChI=1S/C22H28N4O4/c1-22(2,3)30-21(28)25-16-11-17(29-20(27)15-7-5-4-6-8-15)14-26(13-16)19-9-10-24-12-18(19)23/h4-10,12,16-17H,11,13-14,23H2,1-3H3,(H,25,28). The van der Waals surface area contributed by atoms with Crippen LogP contribution in [-0.4, -0.2) is 47.9 Å². The molecule has 3 rings (SSSR count). The van der Waals surface area contributed by atoms with Gasteiger partial charge >= 0.3 is 12.1 Å². The van der Waals surface area contributed by atoms with Gasteiger partial charge in [0, 0.05) is 19.2 Å². The van der Waals surface area contributed by atoms with Crippen molar-refractivity contribution in [2.45, 2.75) is 44.9 Å². The van der Waals surface area contributed by atoms with Gasteiger partial charge in [-0.15, -0.1) is 0 Å². The summed E-state index contributed by atoms with van der Waals surface area (Å²) < 4.78 is 11.1. The summed E-state index contributed by atoms with van der Waals surface area (Å²) in [5, 5.41) is 2.89. The number of nitrogens with one attached hydrogen (secondary N) is 1. The normalized spacial score (nSPS) is 19.1. The van der Waals surface area contributed by atoms with Crippen LogP contribution in [0.4, 0.5) is 16.2 Å². The van der Waals surface area contributed by atoms with Gasteiger partial charge in [-0.1, -0.05) is 18.2 Å². The maximum Gasteiger partial charge on any atom is 0.407 e. The lowest BCUT2D eigenvalue weighted by Crippen LogP contribution is -2.54. The topological polar surface area (TPSA) is 107 Å². The molecule has 0 bridgehead atoms. The van der Waals surface area contributed by atoms with Gasteiger partial charge < -0.3 is 25.4 Å². The first-order valence-electron chi connectivity index (χ1n) is 9.91. The molecule has 0 aliphatic carbocycles. The molecule has 8 heteroatoms. The Balaban J connectivity index is 1.75. The molecule has 1 aliphatic heterocycles. The third kappa shape index (κ3) is 5.85. The predicted molar refractivity (Wildman–Crippen MR) is 114 cm³/mol. The van der Waals surface area contributed by atoms with Crippen molar-refractivity contribution < 1.29 is 19.1 Å². The molecule has 1 aromatic heterocycles. The van der Waals surface area contributed by atoms with Gasteiger partial charge in [-0.05, 0) is 39.0 Å². The Morgan fingerprint density at radius 2 is 1.90 bits per heavy atom. The average molecular weight is 412 g/mol. The molecule has 0 radical (unpaired) electrons. The molecule has 2 unspecified atom stereocenters. The van der Waals surface area contributed by atoms with E-state index in [-0.39, 0.29) is 6.04 Å². The number of piperidine rings is 1. The maximum atomic E-state index is 12.6. The number of anilines is 2. The van der Waals surface area contributed by atoms with E-state index < -0.39 is 23.8 Å². The van der Waals surface area contributed by atoms with Crippen LogP contribution >= 0.6 is 0 Å². The Hall–Kier alpha value is -3.29. The number of amides is 1. The van der Waals surface area contributed by atoms with Gasteiger partial charge in [0.2, 0.25) is 0 Å². The summed E-state index contributed by atoms with van der Waals surface area (Å²) in [5.74, 6) is -0.402. The van der Waals surface area contributed by atoms with Gasteiger partial charge in [-0.25, -0.2) is 9.59 Å². The molecular weight excluding hydrogens is 384 g/mol. The van der Waals surface area contributed by atoms with Gasteiger partial charge in [0.15, 0.2) is 0 Å². The number of esters is 1. The predicted octanol–water partition coefficient (Wildman–Crippen LogP) is 2.99. The summed E-state index contributed by atoms with van der Waals surface area (Å²) in [7, 11) is 0. The van der Waals surface area contributed by atoms with Crippen molar-refractivity contribution in [2.75, 3.05) is 23.7 Å². The van der Waals surface area contributed by atoms with Crippen LogP contribution < -0.4 is 16.0 Å². The Labute approximate surface area is 176 Å². The van der Waals surface area contributed by atoms with Crippen molar-refractivity contribution in [1.82, 2.24) is 10.3 Å². The average Bonchev–Trinajstić information content (AvgIpc) is 2.67. The Bertz CT molecular complexity index is 882. The second-order valence-electron chi connectivity index (χ2n) is 8.31. The minimum Gasteiger partial charge on any atom is -0.457 e. The van der Waals surface area contributed by atoms with E-state index in [2.05, 4.69) is 10.3 Å². The van der Waals surface area contributed by atoms with Gasteiger partial charge in [0.25, 0.3) is 0 Å². The lowest BCUT2D eigenvalue weighted by molar-refractivity contribution is 0.0223. The van der Waals surface area contributed by atoms with Crippen LogP contribution in [0.2, 0.25) is 0 Å². The minimum atomic E-state index is -0.604. The molecule has 30 heavy (non-hydrogen) atoms. The Morgan fingerprint density at radius 1 is 1.17 bits per heavy atom. The molecule has 0 saturated carbocycles. The zero-order valence-electron chi connectivity index (χ0n) is 17.5. The third-order valence-corrected chi connectivity index (χ3v) is 4.58. The number of nitrogens with zero attached hydrogens (tertiary/aromatic N) is 2. The number of hydrogen-bond acceptors (Lipinski definition) is 7. The quantitative estimate of drug-likeness (QED) is 0.744. The van der Waals surface area contributed by atoms with Crippen LogP contribution in [0, 0.1) is 0 Å². The molecule has 8 nitrogen and oxygen atoms in total. The van der Waals surface area contributed by atoms with E-state index in [0.29, 0.717) is 30.8 Å². The number of pyridine rings is 1. The highest BCUT2D eigenvalue weighted by Crippen LogP contribution is 2.27. The summed E-state index contributed by atoms with van der Waals surface area (Å²) >= 11 is 0.